The van der Waals surface area contributed by atoms with Crippen LogP contribution in [0.15, 0.2) is 42.5 Å². The molecule has 0 spiro atoms. The largest absolute Gasteiger partial charge is 0.480 e. The number of hydrogen-bond donors (Lipinski definition) is 3. The van der Waals surface area contributed by atoms with Crippen molar-refractivity contribution >= 4 is 33.7 Å². The summed E-state index contributed by atoms with van der Waals surface area (Å²) >= 11 is 0. The van der Waals surface area contributed by atoms with Crippen molar-refractivity contribution in [3.05, 3.63) is 48.0 Å². The average Bonchev–Trinajstić information content (AvgIpc) is 2.78. The molecule has 5 nitrogen and oxygen atoms in total. The molecule has 0 saturated heterocycles. The van der Waals surface area contributed by atoms with Crippen molar-refractivity contribution in [1.82, 2.24) is 4.98 Å². The normalized spacial score (nSPS) is 11.2. The van der Waals surface area contributed by atoms with Crippen molar-refractivity contribution < 1.29 is 19.8 Å². The van der Waals surface area contributed by atoms with E-state index >= 15 is 0 Å². The minimum atomic E-state index is -1.58. The molecule has 0 bridgehead atoms. The van der Waals surface area contributed by atoms with Crippen LogP contribution in [0, 0.1) is 0 Å². The van der Waals surface area contributed by atoms with Gasteiger partial charge in [-0.1, -0.05) is 36.4 Å². The van der Waals surface area contributed by atoms with Crippen LogP contribution in [0.4, 0.5) is 0 Å². The number of rotatable bonds is 3. The first kappa shape index (κ1) is 12.2. The second-order valence-electron chi connectivity index (χ2n) is 4.55. The molecule has 5 heteroatoms. The van der Waals surface area contributed by atoms with E-state index in [1.807, 2.05) is 30.3 Å². The van der Waals surface area contributed by atoms with Crippen molar-refractivity contribution in [3.63, 3.8) is 0 Å². The summed E-state index contributed by atoms with van der Waals surface area (Å²) in [5.74, 6) is -4.32. The minimum Gasteiger partial charge on any atom is -0.480 e. The number of fused-ring (bicyclic) bond motifs is 3. The summed E-state index contributed by atoms with van der Waals surface area (Å²) in [7, 11) is 0. The third kappa shape index (κ3) is 1.72. The highest BCUT2D eigenvalue weighted by atomic mass is 16.4. The van der Waals surface area contributed by atoms with E-state index in [1.165, 1.54) is 6.07 Å². The van der Waals surface area contributed by atoms with Gasteiger partial charge in [0.05, 0.1) is 5.52 Å². The number of benzene rings is 2. The van der Waals surface area contributed by atoms with E-state index < -0.39 is 17.9 Å². The Morgan fingerprint density at radius 2 is 1.55 bits per heavy atom. The second-order valence-corrected chi connectivity index (χ2v) is 4.55. The van der Waals surface area contributed by atoms with E-state index in [9.17, 15) is 9.59 Å². The molecule has 0 fully saturated rings. The predicted octanol–water partition coefficient (Wildman–Crippen LogP) is 2.57. The number of H-pyrrole nitrogens is 1. The van der Waals surface area contributed by atoms with Gasteiger partial charge in [0.25, 0.3) is 0 Å². The summed E-state index contributed by atoms with van der Waals surface area (Å²) in [5.41, 5.74) is 1.67. The molecule has 0 aliphatic carbocycles. The van der Waals surface area contributed by atoms with E-state index in [1.54, 1.807) is 6.07 Å². The molecule has 0 unspecified atom stereocenters. The first-order valence-electron chi connectivity index (χ1n) is 6.04. The number of carbonyl (C=O) groups is 2. The topological polar surface area (TPSA) is 90.4 Å². The van der Waals surface area contributed by atoms with E-state index in [2.05, 4.69) is 4.98 Å². The van der Waals surface area contributed by atoms with Crippen LogP contribution < -0.4 is 0 Å². The van der Waals surface area contributed by atoms with Crippen LogP contribution >= 0.6 is 0 Å². The number of aliphatic carboxylic acids is 2. The molecule has 0 radical (unpaired) electrons. The number of nitrogens with one attached hydrogen (secondary N) is 1. The smallest absolute Gasteiger partial charge is 0.322 e. The molecule has 20 heavy (non-hydrogen) atoms. The Balaban J connectivity index is 2.36. The SMILES string of the molecule is O=C(O)C(C(=O)O)c1cccc2c1[nH]c1ccccc12. The Hall–Kier alpha value is -2.82. The number of hydrogen-bond acceptors (Lipinski definition) is 2. The van der Waals surface area contributed by atoms with Gasteiger partial charge in [-0.25, -0.2) is 0 Å². The second kappa shape index (κ2) is 4.38. The minimum absolute atomic E-state index is 0.263. The first-order chi connectivity index (χ1) is 9.59. The lowest BCUT2D eigenvalue weighted by atomic mass is 9.97. The quantitative estimate of drug-likeness (QED) is 0.637. The van der Waals surface area contributed by atoms with E-state index in [0.29, 0.717) is 5.52 Å². The lowest BCUT2D eigenvalue weighted by molar-refractivity contribution is -0.149. The highest BCUT2D eigenvalue weighted by Gasteiger charge is 2.30. The number of aromatic nitrogens is 1. The van der Waals surface area contributed by atoms with Gasteiger partial charge in [-0.2, -0.15) is 0 Å². The molecule has 3 rings (SSSR count). The first-order valence-corrected chi connectivity index (χ1v) is 6.04. The van der Waals surface area contributed by atoms with Crippen LogP contribution in [-0.2, 0) is 9.59 Å². The average molecular weight is 269 g/mol. The van der Waals surface area contributed by atoms with Gasteiger partial charge in [0.1, 0.15) is 0 Å². The third-order valence-corrected chi connectivity index (χ3v) is 3.38. The maximum absolute atomic E-state index is 11.2. The van der Waals surface area contributed by atoms with Crippen LogP contribution in [0.25, 0.3) is 21.8 Å². The zero-order valence-corrected chi connectivity index (χ0v) is 10.3. The van der Waals surface area contributed by atoms with E-state index in [0.717, 1.165) is 16.3 Å². The van der Waals surface area contributed by atoms with Gasteiger partial charge < -0.3 is 15.2 Å². The predicted molar refractivity (Wildman–Crippen MR) is 73.8 cm³/mol. The Morgan fingerprint density at radius 3 is 2.25 bits per heavy atom. The molecule has 0 aliphatic heterocycles. The zero-order valence-electron chi connectivity index (χ0n) is 10.3. The fraction of sp³-hybridized carbons (Fsp3) is 0.0667. The summed E-state index contributed by atoms with van der Waals surface area (Å²) in [6.45, 7) is 0. The van der Waals surface area contributed by atoms with Crippen molar-refractivity contribution in [2.24, 2.45) is 0 Å². The molecule has 1 heterocycles. The summed E-state index contributed by atoms with van der Waals surface area (Å²) in [5, 5.41) is 20.0. The molecular weight excluding hydrogens is 258 g/mol. The Bertz CT molecular complexity index is 820. The fourth-order valence-electron chi connectivity index (χ4n) is 2.51. The summed E-state index contributed by atoms with van der Waals surface area (Å²) in [6.07, 6.45) is 0. The maximum atomic E-state index is 11.2. The summed E-state index contributed by atoms with van der Waals surface area (Å²) < 4.78 is 0. The van der Waals surface area contributed by atoms with Gasteiger partial charge in [-0.3, -0.25) is 9.59 Å². The molecular formula is C15H11NO4. The molecule has 0 saturated carbocycles. The van der Waals surface area contributed by atoms with Crippen LogP contribution in [0.3, 0.4) is 0 Å². The summed E-state index contributed by atoms with van der Waals surface area (Å²) in [6, 6.07) is 12.6. The summed E-state index contributed by atoms with van der Waals surface area (Å²) in [4.78, 5) is 25.5. The highest BCUT2D eigenvalue weighted by Crippen LogP contribution is 2.31. The molecule has 0 atom stereocenters. The maximum Gasteiger partial charge on any atom is 0.322 e. The van der Waals surface area contributed by atoms with Crippen molar-refractivity contribution in [1.29, 1.82) is 0 Å². The number of para-hydroxylation sites is 2. The number of carboxylic acids is 2. The van der Waals surface area contributed by atoms with Gasteiger partial charge >= 0.3 is 11.9 Å². The standard InChI is InChI=1S/C15H11NO4/c17-14(18)12(15(19)20)10-6-3-5-9-8-4-1-2-7-11(8)16-13(9)10/h1-7,12,16H,(H,17,18)(H,19,20). The molecule has 0 aliphatic rings. The van der Waals surface area contributed by atoms with Gasteiger partial charge in [0, 0.05) is 21.9 Å². The van der Waals surface area contributed by atoms with Gasteiger partial charge in [-0.05, 0) is 6.07 Å². The molecule has 3 aromatic rings. The molecule has 1 aromatic heterocycles. The van der Waals surface area contributed by atoms with Crippen LogP contribution in [0.5, 0.6) is 0 Å². The molecule has 100 valence electrons. The van der Waals surface area contributed by atoms with Crippen molar-refractivity contribution in [3.8, 4) is 0 Å². The fourth-order valence-corrected chi connectivity index (χ4v) is 2.51. The lowest BCUT2D eigenvalue weighted by Crippen LogP contribution is -2.21. The van der Waals surface area contributed by atoms with Gasteiger partial charge in [-0.15, -0.1) is 0 Å². The highest BCUT2D eigenvalue weighted by molar-refractivity contribution is 6.11. The molecule has 0 amide bonds. The number of carboxylic acid groups (broad SMARTS) is 2. The lowest BCUT2D eigenvalue weighted by Gasteiger charge is -2.08. The zero-order chi connectivity index (χ0) is 14.3. The van der Waals surface area contributed by atoms with Gasteiger partial charge in [0.2, 0.25) is 0 Å². The van der Waals surface area contributed by atoms with Crippen molar-refractivity contribution in [2.75, 3.05) is 0 Å². The number of aromatic amines is 1. The van der Waals surface area contributed by atoms with Gasteiger partial charge in [0.15, 0.2) is 5.92 Å². The van der Waals surface area contributed by atoms with E-state index in [4.69, 9.17) is 10.2 Å². The van der Waals surface area contributed by atoms with Crippen LogP contribution in [0.1, 0.15) is 11.5 Å². The van der Waals surface area contributed by atoms with Crippen molar-refractivity contribution in [2.45, 2.75) is 5.92 Å². The van der Waals surface area contributed by atoms with E-state index in [-0.39, 0.29) is 5.56 Å². The third-order valence-electron chi connectivity index (χ3n) is 3.38. The van der Waals surface area contributed by atoms with Crippen LogP contribution in [0.2, 0.25) is 0 Å². The monoisotopic (exact) mass is 269 g/mol. The van der Waals surface area contributed by atoms with Crippen LogP contribution in [-0.4, -0.2) is 27.1 Å². The molecule has 2 aromatic carbocycles. The molecule has 3 N–H and O–H groups in total. The Morgan fingerprint density at radius 1 is 0.900 bits per heavy atom. The Kier molecular flexibility index (Phi) is 2.68. The Labute approximate surface area is 113 Å².